The quantitative estimate of drug-likeness (QED) is 0.781. The minimum Gasteiger partial charge on any atom is -0.399 e. The first kappa shape index (κ1) is 15.9. The number of halogens is 1. The second kappa shape index (κ2) is 4.75. The second-order valence-electron chi connectivity index (χ2n) is 7.12. The van der Waals surface area contributed by atoms with Gasteiger partial charge in [0.25, 0.3) is 0 Å². The van der Waals surface area contributed by atoms with E-state index in [0.717, 1.165) is 10.4 Å². The van der Waals surface area contributed by atoms with Crippen LogP contribution in [0, 0.1) is 5.82 Å². The van der Waals surface area contributed by atoms with E-state index >= 15 is 0 Å². The molecule has 0 unspecified atom stereocenters. The molecule has 1 aromatic carbocycles. The van der Waals surface area contributed by atoms with Crippen LogP contribution in [0.2, 0.25) is 0 Å². The van der Waals surface area contributed by atoms with Gasteiger partial charge in [-0.1, -0.05) is 6.07 Å². The van der Waals surface area contributed by atoms with Crippen LogP contribution in [0.5, 0.6) is 0 Å². The lowest BCUT2D eigenvalue weighted by molar-refractivity contribution is 0.00578. The van der Waals surface area contributed by atoms with E-state index in [1.807, 2.05) is 39.8 Å². The van der Waals surface area contributed by atoms with Crippen LogP contribution in [0.4, 0.5) is 4.39 Å². The Balaban J connectivity index is 2.31. The Hall–Kier alpha value is -0.515. The molecule has 2 rings (SSSR count). The summed E-state index contributed by atoms with van der Waals surface area (Å²) in [7, 11) is -1.58. The maximum Gasteiger partial charge on any atom is 0.494 e. The van der Waals surface area contributed by atoms with Gasteiger partial charge < -0.3 is 9.31 Å². The van der Waals surface area contributed by atoms with Gasteiger partial charge >= 0.3 is 7.12 Å². The number of hydrogen-bond donors (Lipinski definition) is 0. The van der Waals surface area contributed by atoms with Crippen LogP contribution in [0.25, 0.3) is 0 Å². The molecule has 0 atom stereocenters. The van der Waals surface area contributed by atoms with Gasteiger partial charge in [-0.2, -0.15) is 0 Å². The minimum atomic E-state index is -1.08. The molecular weight excluding hydrogens is 274 g/mol. The number of benzene rings is 1. The third kappa shape index (κ3) is 2.76. The zero-order chi connectivity index (χ0) is 15.3. The predicted molar refractivity (Wildman–Crippen MR) is 85.7 cm³/mol. The van der Waals surface area contributed by atoms with E-state index in [1.165, 1.54) is 0 Å². The van der Waals surface area contributed by atoms with Crippen LogP contribution >= 0.6 is 10.0 Å². The Morgan fingerprint density at radius 2 is 1.50 bits per heavy atom. The van der Waals surface area contributed by atoms with Crippen molar-refractivity contribution in [2.75, 3.05) is 18.8 Å². The summed E-state index contributed by atoms with van der Waals surface area (Å²) in [5.74, 6) is -0.167. The molecule has 112 valence electrons. The van der Waals surface area contributed by atoms with Gasteiger partial charge in [0.1, 0.15) is 5.82 Å². The first-order valence-electron chi connectivity index (χ1n) is 6.77. The van der Waals surface area contributed by atoms with E-state index in [-0.39, 0.29) is 5.82 Å². The highest BCUT2D eigenvalue weighted by atomic mass is 32.3. The van der Waals surface area contributed by atoms with Crippen molar-refractivity contribution in [3.63, 3.8) is 0 Å². The van der Waals surface area contributed by atoms with Gasteiger partial charge in [0.05, 0.1) is 11.2 Å². The Bertz CT molecular complexity index is 507. The maximum atomic E-state index is 14.3. The standard InChI is InChI=1S/C15H24BFO2S/c1-14(2)15(3,4)19-16(18-14)11-8-9-13(12(17)10-11)20(5,6)7/h8-10H,1-7H3. The fourth-order valence-corrected chi connectivity index (χ4v) is 3.26. The monoisotopic (exact) mass is 298 g/mol. The van der Waals surface area contributed by atoms with Crippen LogP contribution < -0.4 is 5.46 Å². The van der Waals surface area contributed by atoms with E-state index in [4.69, 9.17) is 9.31 Å². The van der Waals surface area contributed by atoms with Crippen molar-refractivity contribution in [3.05, 3.63) is 24.0 Å². The molecule has 20 heavy (non-hydrogen) atoms. The van der Waals surface area contributed by atoms with Crippen molar-refractivity contribution < 1.29 is 13.7 Å². The van der Waals surface area contributed by atoms with Crippen molar-refractivity contribution >= 4 is 22.6 Å². The lowest BCUT2D eigenvalue weighted by atomic mass is 9.79. The Labute approximate surface area is 123 Å². The van der Waals surface area contributed by atoms with E-state index < -0.39 is 28.3 Å². The molecule has 0 N–H and O–H groups in total. The summed E-state index contributed by atoms with van der Waals surface area (Å²) in [6.45, 7) is 7.99. The number of hydrogen-bond acceptors (Lipinski definition) is 2. The SMILES string of the molecule is CC1(C)OB(c2ccc(S(C)(C)C)c(F)c2)OC1(C)C. The molecule has 0 aliphatic carbocycles. The maximum absolute atomic E-state index is 14.3. The Morgan fingerprint density at radius 1 is 1.00 bits per heavy atom. The van der Waals surface area contributed by atoms with Gasteiger partial charge in [0.15, 0.2) is 0 Å². The summed E-state index contributed by atoms with van der Waals surface area (Å²) in [5, 5.41) is 0. The van der Waals surface area contributed by atoms with Gasteiger partial charge in [0.2, 0.25) is 0 Å². The molecule has 1 aromatic rings. The third-order valence-corrected chi connectivity index (χ3v) is 5.79. The summed E-state index contributed by atoms with van der Waals surface area (Å²) >= 11 is 0. The number of rotatable bonds is 2. The molecule has 0 radical (unpaired) electrons. The Morgan fingerprint density at radius 3 is 1.90 bits per heavy atom. The highest BCUT2D eigenvalue weighted by Crippen LogP contribution is 2.46. The predicted octanol–water partition coefficient (Wildman–Crippen LogP) is 3.18. The lowest BCUT2D eigenvalue weighted by Crippen LogP contribution is -2.41. The first-order chi connectivity index (χ1) is 8.94. The Kier molecular flexibility index (Phi) is 3.77. The molecule has 1 fully saturated rings. The van der Waals surface area contributed by atoms with Crippen molar-refractivity contribution in [2.45, 2.75) is 43.8 Å². The highest BCUT2D eigenvalue weighted by Gasteiger charge is 2.51. The molecule has 0 amide bonds. The van der Waals surface area contributed by atoms with Gasteiger partial charge in [-0.3, -0.25) is 0 Å². The molecule has 0 spiro atoms. The van der Waals surface area contributed by atoms with Gasteiger partial charge in [0, 0.05) is 4.90 Å². The highest BCUT2D eigenvalue weighted by molar-refractivity contribution is 8.32. The molecular formula is C15H24BFO2S. The summed E-state index contributed by atoms with van der Waals surface area (Å²) in [6, 6.07) is 5.33. The topological polar surface area (TPSA) is 18.5 Å². The van der Waals surface area contributed by atoms with Crippen LogP contribution in [-0.4, -0.2) is 37.1 Å². The molecule has 0 saturated carbocycles. The van der Waals surface area contributed by atoms with Crippen LogP contribution in [0.1, 0.15) is 27.7 Å². The summed E-state index contributed by atoms with van der Waals surface area (Å²) in [4.78, 5) is 0.790. The van der Waals surface area contributed by atoms with Gasteiger partial charge in [-0.15, -0.1) is 0 Å². The van der Waals surface area contributed by atoms with E-state index in [1.54, 1.807) is 6.07 Å². The molecule has 1 aliphatic rings. The van der Waals surface area contributed by atoms with Crippen molar-refractivity contribution in [1.82, 2.24) is 0 Å². The minimum absolute atomic E-state index is 0.167. The van der Waals surface area contributed by atoms with E-state index in [2.05, 4.69) is 18.8 Å². The van der Waals surface area contributed by atoms with Crippen LogP contribution in [0.3, 0.4) is 0 Å². The third-order valence-electron chi connectivity index (χ3n) is 4.14. The normalized spacial score (nSPS) is 22.1. The second-order valence-corrected chi connectivity index (χ2v) is 11.2. The average molecular weight is 298 g/mol. The first-order valence-corrected chi connectivity index (χ1v) is 9.63. The average Bonchev–Trinajstić information content (AvgIpc) is 2.46. The molecule has 1 heterocycles. The molecule has 1 saturated heterocycles. The van der Waals surface area contributed by atoms with Crippen molar-refractivity contribution in [1.29, 1.82) is 0 Å². The van der Waals surface area contributed by atoms with Gasteiger partial charge in [-0.05, 0) is 64.1 Å². The molecule has 2 nitrogen and oxygen atoms in total. The van der Waals surface area contributed by atoms with E-state index in [9.17, 15) is 4.39 Å². The largest absolute Gasteiger partial charge is 0.494 e. The van der Waals surface area contributed by atoms with Crippen LogP contribution in [0.15, 0.2) is 23.1 Å². The molecule has 0 aromatic heterocycles. The molecule has 1 aliphatic heterocycles. The zero-order valence-electron chi connectivity index (χ0n) is 13.4. The van der Waals surface area contributed by atoms with Crippen molar-refractivity contribution in [3.8, 4) is 0 Å². The fraction of sp³-hybridized carbons (Fsp3) is 0.600. The molecule has 0 bridgehead atoms. The summed E-state index contributed by atoms with van der Waals surface area (Å²) in [6.07, 6.45) is 6.25. The summed E-state index contributed by atoms with van der Waals surface area (Å²) < 4.78 is 26.2. The van der Waals surface area contributed by atoms with Crippen LogP contribution in [-0.2, 0) is 9.31 Å². The fourth-order valence-electron chi connectivity index (χ4n) is 2.14. The summed E-state index contributed by atoms with van der Waals surface area (Å²) in [5.41, 5.74) is -0.0574. The molecule has 5 heteroatoms. The smallest absolute Gasteiger partial charge is 0.399 e. The van der Waals surface area contributed by atoms with E-state index in [0.29, 0.717) is 0 Å². The van der Waals surface area contributed by atoms with Crippen molar-refractivity contribution in [2.24, 2.45) is 0 Å². The van der Waals surface area contributed by atoms with Gasteiger partial charge in [-0.25, -0.2) is 14.4 Å². The zero-order valence-corrected chi connectivity index (χ0v) is 14.2. The lowest BCUT2D eigenvalue weighted by Gasteiger charge is -2.32.